The zero-order valence-electron chi connectivity index (χ0n) is 6.91. The van der Waals surface area contributed by atoms with E-state index >= 15 is 0 Å². The Bertz CT molecular complexity index is 122. The van der Waals surface area contributed by atoms with Crippen molar-refractivity contribution in [2.75, 3.05) is 0 Å². The van der Waals surface area contributed by atoms with Crippen LogP contribution in [0.4, 0.5) is 0 Å². The highest BCUT2D eigenvalue weighted by Gasteiger charge is 2.27. The molecule has 60 valence electrons. The molecule has 2 heteroatoms. The molecule has 0 aromatic rings. The van der Waals surface area contributed by atoms with Gasteiger partial charge in [0.05, 0.1) is 0 Å². The first kappa shape index (κ1) is 9.96. The second-order valence-electron chi connectivity index (χ2n) is 2.94. The molecule has 10 heavy (non-hydrogen) atoms. The molecule has 0 N–H and O–H groups in total. The average molecular weight is 163 g/mol. The highest BCUT2D eigenvalue weighted by Crippen LogP contribution is 2.29. The SMILES string of the molecule is CCC[C@](C)(CC)C(=O)Cl. The molecule has 0 rings (SSSR count). The Kier molecular flexibility index (Phi) is 3.95. The van der Waals surface area contributed by atoms with Gasteiger partial charge in [-0.2, -0.15) is 0 Å². The molecule has 0 fully saturated rings. The van der Waals surface area contributed by atoms with Crippen molar-refractivity contribution in [1.29, 1.82) is 0 Å². The minimum absolute atomic E-state index is 0.197. The number of carbonyl (C=O) groups is 1. The zero-order chi connectivity index (χ0) is 8.20. The normalized spacial score (nSPS) is 16.4. The van der Waals surface area contributed by atoms with E-state index in [2.05, 4.69) is 6.92 Å². The summed E-state index contributed by atoms with van der Waals surface area (Å²) in [5, 5.41) is -0.197. The summed E-state index contributed by atoms with van der Waals surface area (Å²) >= 11 is 5.42. The summed E-state index contributed by atoms with van der Waals surface area (Å²) in [6.07, 6.45) is 2.75. The molecule has 0 heterocycles. The standard InChI is InChI=1S/C8H15ClO/c1-4-6-8(3,5-2)7(9)10/h4-6H2,1-3H3/t8-/m0/s1. The maximum absolute atomic E-state index is 10.9. The molecule has 0 aliphatic rings. The Morgan fingerprint density at radius 3 is 2.10 bits per heavy atom. The number of hydrogen-bond donors (Lipinski definition) is 0. The van der Waals surface area contributed by atoms with E-state index in [4.69, 9.17) is 11.6 Å². The first-order valence-electron chi connectivity index (χ1n) is 3.76. The third kappa shape index (κ3) is 2.30. The molecular formula is C8H15ClO. The summed E-state index contributed by atoms with van der Waals surface area (Å²) in [5.41, 5.74) is -0.281. The number of carbonyl (C=O) groups excluding carboxylic acids is 1. The van der Waals surface area contributed by atoms with E-state index in [9.17, 15) is 4.79 Å². The summed E-state index contributed by atoms with van der Waals surface area (Å²) in [6.45, 7) is 5.98. The van der Waals surface area contributed by atoms with Gasteiger partial charge in [-0.15, -0.1) is 0 Å². The third-order valence-electron chi connectivity index (χ3n) is 2.06. The van der Waals surface area contributed by atoms with Crippen molar-refractivity contribution in [2.45, 2.75) is 40.0 Å². The Morgan fingerprint density at radius 1 is 1.50 bits per heavy atom. The lowest BCUT2D eigenvalue weighted by Crippen LogP contribution is -2.22. The van der Waals surface area contributed by atoms with E-state index in [0.29, 0.717) is 0 Å². The average Bonchev–Trinajstić information content (AvgIpc) is 1.88. The van der Waals surface area contributed by atoms with Crippen molar-refractivity contribution in [3.8, 4) is 0 Å². The van der Waals surface area contributed by atoms with Crippen LogP contribution in [-0.4, -0.2) is 5.24 Å². The highest BCUT2D eigenvalue weighted by atomic mass is 35.5. The molecule has 1 nitrogen and oxygen atoms in total. The summed E-state index contributed by atoms with van der Waals surface area (Å²) < 4.78 is 0. The molecule has 0 amide bonds. The molecule has 0 saturated heterocycles. The number of hydrogen-bond acceptors (Lipinski definition) is 1. The molecule has 0 aliphatic heterocycles. The molecule has 0 aromatic carbocycles. The second-order valence-corrected chi connectivity index (χ2v) is 3.28. The lowest BCUT2D eigenvalue weighted by atomic mass is 9.84. The van der Waals surface area contributed by atoms with Crippen LogP contribution in [-0.2, 0) is 4.79 Å². The van der Waals surface area contributed by atoms with Crippen LogP contribution in [0.1, 0.15) is 40.0 Å². The summed E-state index contributed by atoms with van der Waals surface area (Å²) in [4.78, 5) is 10.9. The lowest BCUT2D eigenvalue weighted by molar-refractivity contribution is -0.120. The van der Waals surface area contributed by atoms with Gasteiger partial charge in [-0.1, -0.05) is 27.2 Å². The van der Waals surface area contributed by atoms with Gasteiger partial charge in [-0.05, 0) is 24.4 Å². The van der Waals surface area contributed by atoms with Gasteiger partial charge in [0, 0.05) is 5.41 Å². The van der Waals surface area contributed by atoms with E-state index in [-0.39, 0.29) is 10.7 Å². The monoisotopic (exact) mass is 162 g/mol. The third-order valence-corrected chi connectivity index (χ3v) is 2.51. The van der Waals surface area contributed by atoms with Crippen LogP contribution in [0.25, 0.3) is 0 Å². The fraction of sp³-hybridized carbons (Fsp3) is 0.875. The van der Waals surface area contributed by atoms with Crippen molar-refractivity contribution < 1.29 is 4.79 Å². The first-order chi connectivity index (χ1) is 4.56. The number of halogens is 1. The van der Waals surface area contributed by atoms with Crippen LogP contribution in [0.15, 0.2) is 0 Å². The van der Waals surface area contributed by atoms with Gasteiger partial charge < -0.3 is 0 Å². The van der Waals surface area contributed by atoms with E-state index < -0.39 is 0 Å². The van der Waals surface area contributed by atoms with E-state index in [1.807, 2.05) is 13.8 Å². The molecule has 0 unspecified atom stereocenters. The zero-order valence-corrected chi connectivity index (χ0v) is 7.66. The minimum Gasteiger partial charge on any atom is -0.281 e. The summed E-state index contributed by atoms with van der Waals surface area (Å²) in [7, 11) is 0. The minimum atomic E-state index is -0.281. The molecule has 0 aromatic heterocycles. The van der Waals surface area contributed by atoms with Crippen LogP contribution in [0.5, 0.6) is 0 Å². The fourth-order valence-corrected chi connectivity index (χ4v) is 1.19. The van der Waals surface area contributed by atoms with Crippen LogP contribution in [0.2, 0.25) is 0 Å². The predicted molar refractivity (Wildman–Crippen MR) is 44.2 cm³/mol. The smallest absolute Gasteiger partial charge is 0.227 e. The second kappa shape index (κ2) is 3.97. The highest BCUT2D eigenvalue weighted by molar-refractivity contribution is 6.64. The Balaban J connectivity index is 4.08. The van der Waals surface area contributed by atoms with Gasteiger partial charge in [0.25, 0.3) is 0 Å². The van der Waals surface area contributed by atoms with Gasteiger partial charge >= 0.3 is 0 Å². The molecule has 0 bridgehead atoms. The van der Waals surface area contributed by atoms with E-state index in [1.165, 1.54) is 0 Å². The van der Waals surface area contributed by atoms with Crippen molar-refractivity contribution >= 4 is 16.8 Å². The largest absolute Gasteiger partial charge is 0.281 e. The Hall–Kier alpha value is -0.0400. The molecule has 1 atom stereocenters. The molecule has 0 saturated carbocycles. The molecular weight excluding hydrogens is 148 g/mol. The summed E-state index contributed by atoms with van der Waals surface area (Å²) in [5.74, 6) is 0. The predicted octanol–water partition coefficient (Wildman–Crippen LogP) is 2.97. The number of rotatable bonds is 4. The maximum Gasteiger partial charge on any atom is 0.227 e. The quantitative estimate of drug-likeness (QED) is 0.581. The van der Waals surface area contributed by atoms with Gasteiger partial charge in [0.1, 0.15) is 0 Å². The van der Waals surface area contributed by atoms with E-state index in [0.717, 1.165) is 19.3 Å². The molecule has 0 spiro atoms. The van der Waals surface area contributed by atoms with Crippen LogP contribution in [0.3, 0.4) is 0 Å². The van der Waals surface area contributed by atoms with E-state index in [1.54, 1.807) is 0 Å². The Morgan fingerprint density at radius 2 is 2.00 bits per heavy atom. The van der Waals surface area contributed by atoms with Gasteiger partial charge in [0.2, 0.25) is 5.24 Å². The van der Waals surface area contributed by atoms with Gasteiger partial charge in [-0.25, -0.2) is 0 Å². The fourth-order valence-electron chi connectivity index (χ4n) is 0.966. The Labute approximate surface area is 67.8 Å². The first-order valence-corrected chi connectivity index (χ1v) is 4.14. The lowest BCUT2D eigenvalue weighted by Gasteiger charge is -2.21. The van der Waals surface area contributed by atoms with Crippen molar-refractivity contribution in [2.24, 2.45) is 5.41 Å². The maximum atomic E-state index is 10.9. The van der Waals surface area contributed by atoms with Crippen LogP contribution < -0.4 is 0 Å². The van der Waals surface area contributed by atoms with Crippen LogP contribution in [0, 0.1) is 5.41 Å². The van der Waals surface area contributed by atoms with Gasteiger partial charge in [-0.3, -0.25) is 4.79 Å². The van der Waals surface area contributed by atoms with Crippen molar-refractivity contribution in [3.63, 3.8) is 0 Å². The molecule has 0 radical (unpaired) electrons. The molecule has 0 aliphatic carbocycles. The topological polar surface area (TPSA) is 17.1 Å². The van der Waals surface area contributed by atoms with Crippen molar-refractivity contribution in [1.82, 2.24) is 0 Å². The van der Waals surface area contributed by atoms with Crippen molar-refractivity contribution in [3.05, 3.63) is 0 Å². The van der Waals surface area contributed by atoms with Crippen LogP contribution >= 0.6 is 11.6 Å². The van der Waals surface area contributed by atoms with Gasteiger partial charge in [0.15, 0.2) is 0 Å². The summed E-state index contributed by atoms with van der Waals surface area (Å²) in [6, 6.07) is 0.